The SMILES string of the molecule is FC(F)(F)c1ccc(CN2CC(Oc3cnc(N4CCCCC4)cn3)C2)cc1. The van der Waals surface area contributed by atoms with E-state index in [4.69, 9.17) is 4.74 Å². The van der Waals surface area contributed by atoms with Crippen molar-refractivity contribution in [1.82, 2.24) is 14.9 Å². The maximum absolute atomic E-state index is 12.6. The zero-order valence-corrected chi connectivity index (χ0v) is 15.5. The number of hydrogen-bond donors (Lipinski definition) is 0. The molecule has 2 aliphatic heterocycles. The normalized spacial score (nSPS) is 18.8. The summed E-state index contributed by atoms with van der Waals surface area (Å²) in [5.41, 5.74) is 0.241. The summed E-state index contributed by atoms with van der Waals surface area (Å²) >= 11 is 0. The van der Waals surface area contributed by atoms with E-state index in [9.17, 15) is 13.2 Å². The van der Waals surface area contributed by atoms with Crippen LogP contribution in [0, 0.1) is 0 Å². The lowest BCUT2D eigenvalue weighted by Crippen LogP contribution is -2.53. The van der Waals surface area contributed by atoms with Crippen LogP contribution >= 0.6 is 0 Å². The second kappa shape index (κ2) is 7.95. The first kappa shape index (κ1) is 19.0. The highest BCUT2D eigenvalue weighted by atomic mass is 19.4. The third-order valence-electron chi connectivity index (χ3n) is 5.19. The van der Waals surface area contributed by atoms with Gasteiger partial charge in [0, 0.05) is 32.7 Å². The minimum Gasteiger partial charge on any atom is -0.471 e. The summed E-state index contributed by atoms with van der Waals surface area (Å²) < 4.78 is 43.7. The summed E-state index contributed by atoms with van der Waals surface area (Å²) in [6.45, 7) is 4.09. The van der Waals surface area contributed by atoms with Crippen LogP contribution in [0.2, 0.25) is 0 Å². The smallest absolute Gasteiger partial charge is 0.416 e. The molecule has 0 atom stereocenters. The molecule has 28 heavy (non-hydrogen) atoms. The number of benzene rings is 1. The maximum Gasteiger partial charge on any atom is 0.416 e. The molecule has 4 rings (SSSR count). The average molecular weight is 392 g/mol. The Morgan fingerprint density at radius 1 is 0.964 bits per heavy atom. The van der Waals surface area contributed by atoms with Gasteiger partial charge in [0.15, 0.2) is 0 Å². The molecule has 0 aliphatic carbocycles. The predicted molar refractivity (Wildman–Crippen MR) is 99.2 cm³/mol. The first-order valence-corrected chi connectivity index (χ1v) is 9.59. The van der Waals surface area contributed by atoms with Gasteiger partial charge in [0.05, 0.1) is 18.0 Å². The number of hydrogen-bond acceptors (Lipinski definition) is 5. The van der Waals surface area contributed by atoms with Crippen molar-refractivity contribution in [2.75, 3.05) is 31.1 Å². The van der Waals surface area contributed by atoms with Gasteiger partial charge in [-0.15, -0.1) is 0 Å². The molecule has 0 unspecified atom stereocenters. The van der Waals surface area contributed by atoms with Gasteiger partial charge < -0.3 is 9.64 Å². The highest BCUT2D eigenvalue weighted by Crippen LogP contribution is 2.29. The van der Waals surface area contributed by atoms with Crippen LogP contribution in [0.25, 0.3) is 0 Å². The van der Waals surface area contributed by atoms with Gasteiger partial charge in [0.1, 0.15) is 11.9 Å². The van der Waals surface area contributed by atoms with Gasteiger partial charge in [0.25, 0.3) is 0 Å². The Bertz CT molecular complexity index is 768. The summed E-state index contributed by atoms with van der Waals surface area (Å²) in [6, 6.07) is 5.31. The third-order valence-corrected chi connectivity index (χ3v) is 5.19. The quantitative estimate of drug-likeness (QED) is 0.775. The van der Waals surface area contributed by atoms with E-state index in [1.165, 1.54) is 31.4 Å². The van der Waals surface area contributed by atoms with Crippen LogP contribution in [0.4, 0.5) is 19.0 Å². The molecule has 0 spiro atoms. The van der Waals surface area contributed by atoms with Gasteiger partial charge in [-0.05, 0) is 37.0 Å². The molecule has 1 aromatic heterocycles. The molecule has 0 saturated carbocycles. The van der Waals surface area contributed by atoms with E-state index in [-0.39, 0.29) is 6.10 Å². The largest absolute Gasteiger partial charge is 0.471 e. The van der Waals surface area contributed by atoms with E-state index in [0.717, 1.165) is 49.7 Å². The Hall–Kier alpha value is -2.35. The Morgan fingerprint density at radius 2 is 1.68 bits per heavy atom. The van der Waals surface area contributed by atoms with Gasteiger partial charge in [-0.2, -0.15) is 13.2 Å². The standard InChI is InChI=1S/C20H23F3N4O/c21-20(22,23)16-6-4-15(5-7-16)12-26-13-17(14-26)28-19-11-24-18(10-25-19)27-8-2-1-3-9-27/h4-7,10-11,17H,1-3,8-9,12-14H2. The summed E-state index contributed by atoms with van der Waals surface area (Å²) in [5.74, 6) is 1.41. The lowest BCUT2D eigenvalue weighted by atomic mass is 10.1. The van der Waals surface area contributed by atoms with Crippen molar-refractivity contribution in [2.45, 2.75) is 38.1 Å². The molecule has 2 aromatic rings. The Labute approximate surface area is 162 Å². The zero-order chi connectivity index (χ0) is 19.6. The fourth-order valence-corrected chi connectivity index (χ4v) is 3.61. The van der Waals surface area contributed by atoms with Crippen molar-refractivity contribution < 1.29 is 17.9 Å². The van der Waals surface area contributed by atoms with E-state index < -0.39 is 11.7 Å². The summed E-state index contributed by atoms with van der Waals surface area (Å²) in [6.07, 6.45) is 2.83. The number of piperidine rings is 1. The molecule has 2 saturated heterocycles. The minimum atomic E-state index is -4.29. The molecular weight excluding hydrogens is 369 g/mol. The van der Waals surface area contributed by atoms with Crippen LogP contribution in [-0.2, 0) is 12.7 Å². The molecule has 0 amide bonds. The number of aromatic nitrogens is 2. The van der Waals surface area contributed by atoms with E-state index in [0.29, 0.717) is 12.4 Å². The maximum atomic E-state index is 12.6. The van der Waals surface area contributed by atoms with Crippen LogP contribution in [0.1, 0.15) is 30.4 Å². The predicted octanol–water partition coefficient (Wildman–Crippen LogP) is 3.75. The number of anilines is 1. The molecule has 1 aromatic carbocycles. The molecule has 2 aliphatic rings. The summed E-state index contributed by atoms with van der Waals surface area (Å²) in [7, 11) is 0. The van der Waals surface area contributed by atoms with Crippen molar-refractivity contribution in [3.05, 3.63) is 47.8 Å². The highest BCUT2D eigenvalue weighted by molar-refractivity contribution is 5.36. The first-order chi connectivity index (χ1) is 13.5. The van der Waals surface area contributed by atoms with Crippen molar-refractivity contribution in [2.24, 2.45) is 0 Å². The van der Waals surface area contributed by atoms with E-state index in [1.54, 1.807) is 12.4 Å². The van der Waals surface area contributed by atoms with Gasteiger partial charge in [0.2, 0.25) is 5.88 Å². The summed E-state index contributed by atoms with van der Waals surface area (Å²) in [5, 5.41) is 0. The topological polar surface area (TPSA) is 41.5 Å². The molecule has 3 heterocycles. The second-order valence-electron chi connectivity index (χ2n) is 7.39. The minimum absolute atomic E-state index is 0.0320. The molecule has 8 heteroatoms. The number of alkyl halides is 3. The molecule has 0 bridgehead atoms. The number of ether oxygens (including phenoxy) is 1. The Balaban J connectivity index is 1.23. The van der Waals surface area contributed by atoms with Crippen LogP contribution < -0.4 is 9.64 Å². The fourth-order valence-electron chi connectivity index (χ4n) is 3.61. The van der Waals surface area contributed by atoms with Crippen molar-refractivity contribution in [1.29, 1.82) is 0 Å². The highest BCUT2D eigenvalue weighted by Gasteiger charge is 2.31. The zero-order valence-electron chi connectivity index (χ0n) is 15.5. The third kappa shape index (κ3) is 4.55. The van der Waals surface area contributed by atoms with Crippen molar-refractivity contribution in [3.8, 4) is 5.88 Å². The van der Waals surface area contributed by atoms with Crippen molar-refractivity contribution in [3.63, 3.8) is 0 Å². The fraction of sp³-hybridized carbons (Fsp3) is 0.500. The lowest BCUT2D eigenvalue weighted by Gasteiger charge is -2.38. The van der Waals surface area contributed by atoms with E-state index in [1.807, 2.05) is 0 Å². The van der Waals surface area contributed by atoms with Crippen LogP contribution in [0.3, 0.4) is 0 Å². The average Bonchev–Trinajstić information content (AvgIpc) is 2.67. The van der Waals surface area contributed by atoms with Crippen LogP contribution in [0.5, 0.6) is 5.88 Å². The van der Waals surface area contributed by atoms with Crippen LogP contribution in [-0.4, -0.2) is 47.2 Å². The van der Waals surface area contributed by atoms with Crippen LogP contribution in [0.15, 0.2) is 36.7 Å². The lowest BCUT2D eigenvalue weighted by molar-refractivity contribution is -0.137. The summed E-state index contributed by atoms with van der Waals surface area (Å²) in [4.78, 5) is 13.2. The van der Waals surface area contributed by atoms with Gasteiger partial charge in [-0.25, -0.2) is 9.97 Å². The molecule has 150 valence electrons. The molecule has 0 radical (unpaired) electrons. The van der Waals surface area contributed by atoms with Gasteiger partial charge >= 0.3 is 6.18 Å². The molecule has 5 nitrogen and oxygen atoms in total. The Morgan fingerprint density at radius 3 is 2.29 bits per heavy atom. The first-order valence-electron chi connectivity index (χ1n) is 9.59. The van der Waals surface area contributed by atoms with E-state index >= 15 is 0 Å². The van der Waals surface area contributed by atoms with E-state index in [2.05, 4.69) is 19.8 Å². The van der Waals surface area contributed by atoms with Crippen molar-refractivity contribution >= 4 is 5.82 Å². The van der Waals surface area contributed by atoms with Gasteiger partial charge in [-0.3, -0.25) is 4.90 Å². The number of rotatable bonds is 5. The second-order valence-corrected chi connectivity index (χ2v) is 7.39. The monoisotopic (exact) mass is 392 g/mol. The number of halogens is 3. The van der Waals surface area contributed by atoms with Gasteiger partial charge in [-0.1, -0.05) is 12.1 Å². The molecule has 2 fully saturated rings. The number of nitrogens with zero attached hydrogens (tertiary/aromatic N) is 4. The number of likely N-dealkylation sites (tertiary alicyclic amines) is 1. The Kier molecular flexibility index (Phi) is 5.39. The molecular formula is C20H23F3N4O. The molecule has 0 N–H and O–H groups in total.